The SMILES string of the molecule is CC(=O)Nc1ccc(-c2cccc(-n3cnn(C/C(=C/F)CN)c3=O)c2)cc1.Cl. The molecule has 0 bridgehead atoms. The quantitative estimate of drug-likeness (QED) is 0.644. The Kier molecular flexibility index (Phi) is 7.46. The first kappa shape index (κ1) is 22.1. The van der Waals surface area contributed by atoms with Crippen molar-refractivity contribution in [2.75, 3.05) is 11.9 Å². The lowest BCUT2D eigenvalue weighted by molar-refractivity contribution is -0.114. The molecule has 1 amide bonds. The van der Waals surface area contributed by atoms with E-state index in [2.05, 4.69) is 10.4 Å². The predicted molar refractivity (Wildman–Crippen MR) is 113 cm³/mol. The van der Waals surface area contributed by atoms with E-state index in [-0.39, 0.29) is 42.7 Å². The second-order valence-corrected chi connectivity index (χ2v) is 6.22. The van der Waals surface area contributed by atoms with Crippen molar-refractivity contribution in [3.63, 3.8) is 0 Å². The molecule has 0 radical (unpaired) electrons. The van der Waals surface area contributed by atoms with Gasteiger partial charge in [0, 0.05) is 19.2 Å². The number of halogens is 2. The van der Waals surface area contributed by atoms with E-state index in [0.29, 0.717) is 17.7 Å². The van der Waals surface area contributed by atoms with Crippen molar-refractivity contribution in [2.45, 2.75) is 13.5 Å². The number of anilines is 1. The van der Waals surface area contributed by atoms with E-state index in [0.717, 1.165) is 15.8 Å². The van der Waals surface area contributed by atoms with Crippen molar-refractivity contribution in [1.29, 1.82) is 0 Å². The smallest absolute Gasteiger partial charge is 0.327 e. The van der Waals surface area contributed by atoms with E-state index in [9.17, 15) is 14.0 Å². The Bertz CT molecular complexity index is 1070. The van der Waals surface area contributed by atoms with Gasteiger partial charge in [0.1, 0.15) is 6.33 Å². The van der Waals surface area contributed by atoms with Crippen molar-refractivity contribution in [3.05, 3.63) is 77.2 Å². The number of amides is 1. The summed E-state index contributed by atoms with van der Waals surface area (Å²) < 4.78 is 15.3. The molecule has 152 valence electrons. The van der Waals surface area contributed by atoms with Crippen LogP contribution in [0.3, 0.4) is 0 Å². The summed E-state index contributed by atoms with van der Waals surface area (Å²) in [5, 5.41) is 6.75. The second kappa shape index (κ2) is 9.81. The number of carbonyl (C=O) groups is 1. The Hall–Kier alpha value is -3.23. The van der Waals surface area contributed by atoms with Crippen LogP contribution in [-0.2, 0) is 11.3 Å². The zero-order valence-electron chi connectivity index (χ0n) is 15.7. The van der Waals surface area contributed by atoms with Crippen LogP contribution >= 0.6 is 12.4 Å². The average molecular weight is 418 g/mol. The Labute approximate surface area is 173 Å². The molecule has 3 rings (SSSR count). The number of nitrogens with two attached hydrogens (primary N) is 1. The molecule has 0 aliphatic heterocycles. The maximum Gasteiger partial charge on any atom is 0.350 e. The van der Waals surface area contributed by atoms with Gasteiger partial charge in [-0.25, -0.2) is 18.4 Å². The number of carbonyl (C=O) groups excluding carboxylic acids is 1. The van der Waals surface area contributed by atoms with Crippen LogP contribution in [0.25, 0.3) is 16.8 Å². The zero-order valence-corrected chi connectivity index (χ0v) is 16.5. The molecule has 7 nitrogen and oxygen atoms in total. The number of hydrogen-bond donors (Lipinski definition) is 2. The van der Waals surface area contributed by atoms with Crippen LogP contribution in [0, 0.1) is 0 Å². The predicted octanol–water partition coefficient (Wildman–Crippen LogP) is 2.89. The number of hydrogen-bond acceptors (Lipinski definition) is 4. The minimum absolute atomic E-state index is 0. The third kappa shape index (κ3) is 5.18. The van der Waals surface area contributed by atoms with Gasteiger partial charge in [-0.2, -0.15) is 5.10 Å². The van der Waals surface area contributed by atoms with E-state index in [1.165, 1.54) is 17.8 Å². The van der Waals surface area contributed by atoms with Crippen LogP contribution < -0.4 is 16.7 Å². The molecule has 0 fully saturated rings. The maximum atomic E-state index is 12.7. The summed E-state index contributed by atoms with van der Waals surface area (Å²) in [6.07, 6.45) is 1.80. The first-order chi connectivity index (χ1) is 13.5. The summed E-state index contributed by atoms with van der Waals surface area (Å²) in [5.41, 5.74) is 8.51. The molecule has 9 heteroatoms. The standard InChI is InChI=1S/C20H20FN5O2.ClH/c1-14(27)24-18-7-5-16(6-8-18)17-3-2-4-19(9-17)25-13-23-26(20(25)28)12-15(10-21)11-22;/h2-10,13H,11-12,22H2,1H3,(H,24,27);1H/b15-10+;. The molecule has 0 unspecified atom stereocenters. The van der Waals surface area contributed by atoms with E-state index in [1.54, 1.807) is 6.07 Å². The third-order valence-corrected chi connectivity index (χ3v) is 4.17. The van der Waals surface area contributed by atoms with Gasteiger partial charge < -0.3 is 11.1 Å². The van der Waals surface area contributed by atoms with Crippen LogP contribution in [0.2, 0.25) is 0 Å². The number of aromatic nitrogens is 3. The summed E-state index contributed by atoms with van der Waals surface area (Å²) >= 11 is 0. The first-order valence-electron chi connectivity index (χ1n) is 8.63. The molecule has 1 aromatic heterocycles. The highest BCUT2D eigenvalue weighted by atomic mass is 35.5. The Balaban J connectivity index is 0.00000300. The van der Waals surface area contributed by atoms with Gasteiger partial charge in [-0.3, -0.25) is 4.79 Å². The maximum absolute atomic E-state index is 12.7. The highest BCUT2D eigenvalue weighted by Gasteiger charge is 2.09. The van der Waals surface area contributed by atoms with Gasteiger partial charge >= 0.3 is 5.69 Å². The molecular weight excluding hydrogens is 397 g/mol. The number of nitrogens with one attached hydrogen (secondary N) is 1. The highest BCUT2D eigenvalue weighted by Crippen LogP contribution is 2.23. The van der Waals surface area contributed by atoms with E-state index < -0.39 is 0 Å². The number of benzene rings is 2. The lowest BCUT2D eigenvalue weighted by Crippen LogP contribution is -2.25. The summed E-state index contributed by atoms with van der Waals surface area (Å²) in [7, 11) is 0. The summed E-state index contributed by atoms with van der Waals surface area (Å²) in [6.45, 7) is 1.47. The highest BCUT2D eigenvalue weighted by molar-refractivity contribution is 5.89. The van der Waals surface area contributed by atoms with E-state index >= 15 is 0 Å². The van der Waals surface area contributed by atoms with Gasteiger partial charge in [-0.15, -0.1) is 12.4 Å². The summed E-state index contributed by atoms with van der Waals surface area (Å²) in [4.78, 5) is 23.7. The van der Waals surface area contributed by atoms with Gasteiger partial charge in [0.2, 0.25) is 5.91 Å². The molecule has 0 saturated heterocycles. The van der Waals surface area contributed by atoms with E-state index in [1.807, 2.05) is 42.5 Å². The average Bonchev–Trinajstić information content (AvgIpc) is 3.06. The lowest BCUT2D eigenvalue weighted by atomic mass is 10.0. The van der Waals surface area contributed by atoms with Crippen LogP contribution in [0.5, 0.6) is 0 Å². The van der Waals surface area contributed by atoms with Crippen molar-refractivity contribution >= 4 is 24.0 Å². The molecule has 3 aromatic rings. The fourth-order valence-corrected chi connectivity index (χ4v) is 2.74. The molecule has 0 spiro atoms. The molecule has 0 aliphatic carbocycles. The Morgan fingerprint density at radius 1 is 1.21 bits per heavy atom. The Morgan fingerprint density at radius 2 is 1.93 bits per heavy atom. The van der Waals surface area contributed by atoms with Gasteiger partial charge in [0.05, 0.1) is 18.6 Å². The fourth-order valence-electron chi connectivity index (χ4n) is 2.74. The lowest BCUT2D eigenvalue weighted by Gasteiger charge is -2.07. The topological polar surface area (TPSA) is 94.9 Å². The molecular formula is C20H21ClFN5O2. The molecule has 0 atom stereocenters. The molecule has 3 N–H and O–H groups in total. The Morgan fingerprint density at radius 3 is 2.55 bits per heavy atom. The first-order valence-corrected chi connectivity index (χ1v) is 8.63. The molecule has 1 heterocycles. The zero-order chi connectivity index (χ0) is 20.1. The summed E-state index contributed by atoms with van der Waals surface area (Å²) in [6, 6.07) is 14.8. The van der Waals surface area contributed by atoms with Gasteiger partial charge in [0.15, 0.2) is 0 Å². The molecule has 29 heavy (non-hydrogen) atoms. The summed E-state index contributed by atoms with van der Waals surface area (Å²) in [5.74, 6) is -0.133. The molecule has 2 aromatic carbocycles. The normalized spacial score (nSPS) is 11.1. The largest absolute Gasteiger partial charge is 0.350 e. The minimum atomic E-state index is -0.383. The second-order valence-electron chi connectivity index (χ2n) is 6.22. The minimum Gasteiger partial charge on any atom is -0.327 e. The van der Waals surface area contributed by atoms with Crippen LogP contribution in [-0.4, -0.2) is 26.8 Å². The van der Waals surface area contributed by atoms with Crippen LogP contribution in [0.15, 0.2) is 71.6 Å². The molecule has 0 saturated carbocycles. The number of rotatable bonds is 6. The van der Waals surface area contributed by atoms with Gasteiger partial charge in [0.25, 0.3) is 0 Å². The fraction of sp³-hybridized carbons (Fsp3) is 0.150. The van der Waals surface area contributed by atoms with Crippen molar-refractivity contribution < 1.29 is 9.18 Å². The van der Waals surface area contributed by atoms with Crippen LogP contribution in [0.1, 0.15) is 6.92 Å². The van der Waals surface area contributed by atoms with Crippen molar-refractivity contribution in [3.8, 4) is 16.8 Å². The number of nitrogens with zero attached hydrogens (tertiary/aromatic N) is 3. The van der Waals surface area contributed by atoms with Crippen molar-refractivity contribution in [2.24, 2.45) is 5.73 Å². The third-order valence-electron chi connectivity index (χ3n) is 4.17. The molecule has 0 aliphatic rings. The van der Waals surface area contributed by atoms with Gasteiger partial charge in [-0.05, 0) is 41.0 Å². The van der Waals surface area contributed by atoms with E-state index in [4.69, 9.17) is 5.73 Å². The van der Waals surface area contributed by atoms with Crippen molar-refractivity contribution in [1.82, 2.24) is 14.3 Å². The van der Waals surface area contributed by atoms with Gasteiger partial charge in [-0.1, -0.05) is 24.3 Å². The van der Waals surface area contributed by atoms with Crippen LogP contribution in [0.4, 0.5) is 10.1 Å². The monoisotopic (exact) mass is 417 g/mol.